The predicted molar refractivity (Wildman–Crippen MR) is 155 cm³/mol. The Bertz CT molecular complexity index is 1700. The molecule has 2 aliphatic rings. The number of fused-ring (bicyclic) bond motifs is 3. The largest absolute Gasteiger partial charge is 0.454 e. The molecule has 0 spiro atoms. The van der Waals surface area contributed by atoms with Crippen molar-refractivity contribution < 1.29 is 23.8 Å². The van der Waals surface area contributed by atoms with Crippen molar-refractivity contribution in [2.45, 2.75) is 32.3 Å². The Balaban J connectivity index is 1.33. The van der Waals surface area contributed by atoms with Crippen LogP contribution in [-0.2, 0) is 16.0 Å². The zero-order valence-electron chi connectivity index (χ0n) is 21.5. The average Bonchev–Trinajstić information content (AvgIpc) is 3.41. The highest BCUT2D eigenvalue weighted by atomic mass is 35.5. The lowest BCUT2D eigenvalue weighted by Crippen LogP contribution is -2.30. The number of pyridine rings is 1. The van der Waals surface area contributed by atoms with E-state index in [2.05, 4.69) is 11.4 Å². The van der Waals surface area contributed by atoms with Crippen LogP contribution in [0.3, 0.4) is 0 Å². The summed E-state index contributed by atoms with van der Waals surface area (Å²) in [5.41, 5.74) is 5.04. The third-order valence-corrected chi connectivity index (χ3v) is 7.50. The van der Waals surface area contributed by atoms with Crippen LogP contribution in [0.5, 0.6) is 11.5 Å². The maximum absolute atomic E-state index is 13.7. The minimum atomic E-state index is -1.07. The Morgan fingerprint density at radius 2 is 1.85 bits per heavy atom. The molecule has 7 nitrogen and oxygen atoms in total. The van der Waals surface area contributed by atoms with Gasteiger partial charge in [0, 0.05) is 10.4 Å². The van der Waals surface area contributed by atoms with E-state index in [0.29, 0.717) is 39.3 Å². The quantitative estimate of drug-likeness (QED) is 0.251. The fourth-order valence-corrected chi connectivity index (χ4v) is 5.47. The zero-order chi connectivity index (χ0) is 27.8. The topological polar surface area (TPSA) is 86.8 Å². The smallest absolute Gasteiger partial charge is 0.339 e. The molecule has 1 N–H and O–H groups in total. The first-order valence-corrected chi connectivity index (χ1v) is 13.6. The standard InChI is InChI=1S/C31H24Cl2N2O5/c1-17(30(36)35-25-11-10-20(32)15-23(25)33)40-31(37)28-21-6-2-3-8-24(21)34-29-19(5-4-7-22(28)29)13-18-9-12-26-27(14-18)39-16-38-26/h2-3,6,8-15,17H,4-5,7,16H2,1H3,(H,35,36)/b19-13-/t17-/m1/s1. The molecule has 0 radical (unpaired) electrons. The Labute approximate surface area is 240 Å². The number of para-hydroxylation sites is 1. The fraction of sp³-hybridized carbons (Fsp3) is 0.194. The Morgan fingerprint density at radius 3 is 2.70 bits per heavy atom. The second kappa shape index (κ2) is 10.8. The van der Waals surface area contributed by atoms with E-state index >= 15 is 0 Å². The average molecular weight is 575 g/mol. The number of halogens is 2. The minimum absolute atomic E-state index is 0.209. The Hall–Kier alpha value is -4.07. The number of nitrogens with one attached hydrogen (secondary N) is 1. The number of hydrogen-bond acceptors (Lipinski definition) is 6. The van der Waals surface area contributed by atoms with E-state index in [1.165, 1.54) is 13.0 Å². The van der Waals surface area contributed by atoms with Gasteiger partial charge >= 0.3 is 5.97 Å². The Morgan fingerprint density at radius 1 is 1.02 bits per heavy atom. The first kappa shape index (κ1) is 26.2. The van der Waals surface area contributed by atoms with Gasteiger partial charge in [0.15, 0.2) is 17.6 Å². The second-order valence-electron chi connectivity index (χ2n) is 9.63. The van der Waals surface area contributed by atoms with Crippen molar-refractivity contribution in [3.8, 4) is 11.5 Å². The second-order valence-corrected chi connectivity index (χ2v) is 10.5. The molecule has 2 heterocycles. The molecular formula is C31H24Cl2N2O5. The van der Waals surface area contributed by atoms with Gasteiger partial charge < -0.3 is 19.5 Å². The monoisotopic (exact) mass is 574 g/mol. The van der Waals surface area contributed by atoms with Crippen molar-refractivity contribution in [2.75, 3.05) is 12.1 Å². The van der Waals surface area contributed by atoms with Crippen LogP contribution >= 0.6 is 23.2 Å². The summed E-state index contributed by atoms with van der Waals surface area (Å²) in [5.74, 6) is 0.335. The zero-order valence-corrected chi connectivity index (χ0v) is 23.0. The van der Waals surface area contributed by atoms with Crippen LogP contribution in [0.25, 0.3) is 22.6 Å². The lowest BCUT2D eigenvalue weighted by atomic mass is 9.86. The number of allylic oxidation sites excluding steroid dienone is 1. The maximum atomic E-state index is 13.7. The van der Waals surface area contributed by atoms with Gasteiger partial charge in [0.2, 0.25) is 6.79 Å². The van der Waals surface area contributed by atoms with E-state index in [1.807, 2.05) is 42.5 Å². The highest BCUT2D eigenvalue weighted by Crippen LogP contribution is 2.38. The lowest BCUT2D eigenvalue weighted by Gasteiger charge is -2.23. The van der Waals surface area contributed by atoms with Gasteiger partial charge in [-0.2, -0.15) is 0 Å². The van der Waals surface area contributed by atoms with E-state index in [1.54, 1.807) is 12.1 Å². The van der Waals surface area contributed by atoms with Crippen molar-refractivity contribution in [1.29, 1.82) is 0 Å². The summed E-state index contributed by atoms with van der Waals surface area (Å²) in [4.78, 5) is 31.5. The van der Waals surface area contributed by atoms with Crippen LogP contribution in [0.1, 0.15) is 46.9 Å². The number of amides is 1. The number of nitrogens with zero attached hydrogens (tertiary/aromatic N) is 1. The molecule has 1 aliphatic carbocycles. The van der Waals surface area contributed by atoms with E-state index < -0.39 is 18.0 Å². The van der Waals surface area contributed by atoms with Crippen LogP contribution in [0.15, 0.2) is 60.7 Å². The summed E-state index contributed by atoms with van der Waals surface area (Å²) in [6.45, 7) is 1.73. The number of hydrogen-bond donors (Lipinski definition) is 1. The summed E-state index contributed by atoms with van der Waals surface area (Å²) in [7, 11) is 0. The minimum Gasteiger partial charge on any atom is -0.454 e. The summed E-state index contributed by atoms with van der Waals surface area (Å²) in [6, 6.07) is 18.0. The molecule has 4 aromatic rings. The number of carbonyl (C=O) groups excluding carboxylic acids is 2. The van der Waals surface area contributed by atoms with Crippen LogP contribution < -0.4 is 14.8 Å². The van der Waals surface area contributed by atoms with Gasteiger partial charge in [-0.15, -0.1) is 0 Å². The van der Waals surface area contributed by atoms with Crippen molar-refractivity contribution in [2.24, 2.45) is 0 Å². The molecule has 1 amide bonds. The summed E-state index contributed by atoms with van der Waals surface area (Å²) in [5, 5.41) is 4.12. The maximum Gasteiger partial charge on any atom is 0.339 e. The first-order valence-electron chi connectivity index (χ1n) is 12.9. The Kier molecular flexibility index (Phi) is 7.09. The first-order chi connectivity index (χ1) is 19.4. The third kappa shape index (κ3) is 5.10. The normalized spacial score (nSPS) is 15.5. The van der Waals surface area contributed by atoms with Gasteiger partial charge in [0.25, 0.3) is 5.91 Å². The number of aromatic nitrogens is 1. The molecule has 3 aromatic carbocycles. The SMILES string of the molecule is C[C@@H](OC(=O)c1c2c(nc3ccccc13)/C(=C\c1ccc3c(c1)OCO3)CCC2)C(=O)Nc1ccc(Cl)cc1Cl. The molecule has 0 unspecified atom stereocenters. The van der Waals surface area contributed by atoms with Gasteiger partial charge in [0.1, 0.15) is 0 Å². The lowest BCUT2D eigenvalue weighted by molar-refractivity contribution is -0.123. The molecule has 0 fully saturated rings. The molecule has 1 aliphatic heterocycles. The number of carbonyl (C=O) groups is 2. The van der Waals surface area contributed by atoms with Crippen molar-refractivity contribution in [3.05, 3.63) is 93.1 Å². The number of ether oxygens (including phenoxy) is 3. The van der Waals surface area contributed by atoms with Crippen molar-refractivity contribution in [3.63, 3.8) is 0 Å². The van der Waals surface area contributed by atoms with Crippen LogP contribution in [0, 0.1) is 0 Å². The van der Waals surface area contributed by atoms with E-state index in [-0.39, 0.29) is 11.8 Å². The van der Waals surface area contributed by atoms with Crippen LogP contribution in [0.4, 0.5) is 5.69 Å². The van der Waals surface area contributed by atoms with E-state index in [4.69, 9.17) is 42.4 Å². The van der Waals surface area contributed by atoms with Gasteiger partial charge in [0.05, 0.1) is 27.5 Å². The van der Waals surface area contributed by atoms with E-state index in [0.717, 1.165) is 41.0 Å². The van der Waals surface area contributed by atoms with Gasteiger partial charge in [-0.25, -0.2) is 9.78 Å². The van der Waals surface area contributed by atoms with Crippen LogP contribution in [-0.4, -0.2) is 29.8 Å². The fourth-order valence-electron chi connectivity index (χ4n) is 5.01. The summed E-state index contributed by atoms with van der Waals surface area (Å²) in [6.07, 6.45) is 3.31. The molecule has 1 aromatic heterocycles. The van der Waals surface area contributed by atoms with Gasteiger partial charge in [-0.1, -0.05) is 47.5 Å². The third-order valence-electron chi connectivity index (χ3n) is 6.95. The number of anilines is 1. The molecule has 6 rings (SSSR count). The predicted octanol–water partition coefficient (Wildman–Crippen LogP) is 7.33. The number of rotatable bonds is 5. The summed E-state index contributed by atoms with van der Waals surface area (Å²) >= 11 is 12.1. The highest BCUT2D eigenvalue weighted by Gasteiger charge is 2.28. The van der Waals surface area contributed by atoms with Gasteiger partial charge in [-0.3, -0.25) is 4.79 Å². The summed E-state index contributed by atoms with van der Waals surface area (Å²) < 4.78 is 16.7. The molecule has 9 heteroatoms. The molecular weight excluding hydrogens is 551 g/mol. The van der Waals surface area contributed by atoms with Crippen molar-refractivity contribution >= 4 is 63.3 Å². The van der Waals surface area contributed by atoms with Crippen LogP contribution in [0.2, 0.25) is 10.0 Å². The molecule has 40 heavy (non-hydrogen) atoms. The highest BCUT2D eigenvalue weighted by molar-refractivity contribution is 6.36. The van der Waals surface area contributed by atoms with Crippen molar-refractivity contribution in [1.82, 2.24) is 4.98 Å². The molecule has 0 bridgehead atoms. The molecule has 0 saturated carbocycles. The van der Waals surface area contributed by atoms with E-state index in [9.17, 15) is 9.59 Å². The van der Waals surface area contributed by atoms with Gasteiger partial charge in [-0.05, 0) is 85.4 Å². The number of esters is 1. The molecule has 1 atom stereocenters. The number of benzene rings is 3. The molecule has 0 saturated heterocycles. The molecule has 202 valence electrons.